The Morgan fingerprint density at radius 3 is 2.48 bits per heavy atom. The molecule has 2 aromatic carbocycles. The lowest BCUT2D eigenvalue weighted by atomic mass is 10.3. The number of hydrogen-bond donors (Lipinski definition) is 1. The highest BCUT2D eigenvalue weighted by Crippen LogP contribution is 2.19. The molecule has 0 saturated carbocycles. The molecular formula is C17H12FN3O2. The van der Waals surface area contributed by atoms with Gasteiger partial charge in [-0.25, -0.2) is 14.4 Å². The molecule has 0 aliphatic heterocycles. The van der Waals surface area contributed by atoms with Crippen LogP contribution in [0.4, 0.5) is 10.1 Å². The third-order valence-corrected chi connectivity index (χ3v) is 2.94. The summed E-state index contributed by atoms with van der Waals surface area (Å²) in [7, 11) is 0. The van der Waals surface area contributed by atoms with Crippen molar-refractivity contribution in [2.24, 2.45) is 0 Å². The number of carbonyl (C=O) groups excluding carboxylic acids is 1. The summed E-state index contributed by atoms with van der Waals surface area (Å²) in [5.41, 5.74) is 0.621. The lowest BCUT2D eigenvalue weighted by Crippen LogP contribution is -2.14. The van der Waals surface area contributed by atoms with Gasteiger partial charge in [-0.1, -0.05) is 18.2 Å². The molecule has 0 bridgehead atoms. The number of aromatic nitrogens is 2. The zero-order valence-electron chi connectivity index (χ0n) is 11.9. The van der Waals surface area contributed by atoms with E-state index >= 15 is 0 Å². The predicted octanol–water partition coefficient (Wildman–Crippen LogP) is 3.66. The second-order valence-corrected chi connectivity index (χ2v) is 4.62. The molecule has 0 fully saturated rings. The number of halogens is 1. The zero-order chi connectivity index (χ0) is 16.1. The van der Waals surface area contributed by atoms with Crippen LogP contribution in [0.2, 0.25) is 0 Å². The van der Waals surface area contributed by atoms with E-state index in [0.29, 0.717) is 11.4 Å². The van der Waals surface area contributed by atoms with E-state index in [-0.39, 0.29) is 17.4 Å². The third kappa shape index (κ3) is 3.88. The van der Waals surface area contributed by atoms with Gasteiger partial charge >= 0.3 is 0 Å². The molecule has 23 heavy (non-hydrogen) atoms. The van der Waals surface area contributed by atoms with E-state index in [1.54, 1.807) is 12.1 Å². The maximum absolute atomic E-state index is 12.9. The molecule has 0 aliphatic rings. The number of ether oxygens (including phenoxy) is 1. The van der Waals surface area contributed by atoms with Crippen LogP contribution in [0, 0.1) is 5.82 Å². The Kier molecular flexibility index (Phi) is 4.24. The molecule has 1 heterocycles. The molecule has 0 spiro atoms. The maximum atomic E-state index is 12.9. The molecule has 114 valence electrons. The van der Waals surface area contributed by atoms with Crippen molar-refractivity contribution >= 4 is 11.6 Å². The minimum absolute atomic E-state index is 0.148. The second-order valence-electron chi connectivity index (χ2n) is 4.62. The highest BCUT2D eigenvalue weighted by molar-refractivity contribution is 6.02. The largest absolute Gasteiger partial charge is 0.439 e. The zero-order valence-corrected chi connectivity index (χ0v) is 11.9. The van der Waals surface area contributed by atoms with Crippen molar-refractivity contribution in [3.8, 4) is 11.6 Å². The van der Waals surface area contributed by atoms with E-state index in [2.05, 4.69) is 15.3 Å². The number of hydrogen-bond acceptors (Lipinski definition) is 4. The number of amides is 1. The Morgan fingerprint density at radius 1 is 1.00 bits per heavy atom. The lowest BCUT2D eigenvalue weighted by Gasteiger charge is -2.07. The van der Waals surface area contributed by atoms with Gasteiger partial charge in [0.05, 0.1) is 0 Å². The first kappa shape index (κ1) is 14.6. The van der Waals surface area contributed by atoms with E-state index in [4.69, 9.17) is 4.74 Å². The fourth-order valence-corrected chi connectivity index (χ4v) is 1.86. The van der Waals surface area contributed by atoms with Crippen molar-refractivity contribution in [3.63, 3.8) is 0 Å². The molecule has 0 atom stereocenters. The van der Waals surface area contributed by atoms with E-state index in [1.165, 1.54) is 36.7 Å². The number of benzene rings is 2. The van der Waals surface area contributed by atoms with Crippen LogP contribution in [-0.4, -0.2) is 15.9 Å². The number of nitrogens with zero attached hydrogens (tertiary/aromatic N) is 2. The van der Waals surface area contributed by atoms with Gasteiger partial charge in [0.2, 0.25) is 5.88 Å². The number of carbonyl (C=O) groups is 1. The minimum atomic E-state index is -0.433. The van der Waals surface area contributed by atoms with E-state index in [0.717, 1.165) is 0 Å². The van der Waals surface area contributed by atoms with E-state index in [9.17, 15) is 9.18 Å². The monoisotopic (exact) mass is 309 g/mol. The summed E-state index contributed by atoms with van der Waals surface area (Å²) in [4.78, 5) is 20.0. The van der Waals surface area contributed by atoms with Gasteiger partial charge in [-0.2, -0.15) is 0 Å². The Morgan fingerprint density at radius 2 is 1.74 bits per heavy atom. The van der Waals surface area contributed by atoms with E-state index < -0.39 is 5.91 Å². The quantitative estimate of drug-likeness (QED) is 0.799. The van der Waals surface area contributed by atoms with Crippen LogP contribution in [-0.2, 0) is 0 Å². The minimum Gasteiger partial charge on any atom is -0.439 e. The van der Waals surface area contributed by atoms with Gasteiger partial charge in [0.15, 0.2) is 0 Å². The van der Waals surface area contributed by atoms with Gasteiger partial charge in [-0.05, 0) is 36.4 Å². The summed E-state index contributed by atoms with van der Waals surface area (Å²) in [6.45, 7) is 0. The summed E-state index contributed by atoms with van der Waals surface area (Å²) in [6.07, 6.45) is 1.25. The van der Waals surface area contributed by atoms with Crippen molar-refractivity contribution in [3.05, 3.63) is 78.5 Å². The van der Waals surface area contributed by atoms with Crippen molar-refractivity contribution in [2.75, 3.05) is 5.32 Å². The molecule has 0 unspecified atom stereocenters. The summed E-state index contributed by atoms with van der Waals surface area (Å²) in [6, 6.07) is 16.0. The second kappa shape index (κ2) is 6.65. The summed E-state index contributed by atoms with van der Waals surface area (Å²) in [5, 5.41) is 2.63. The van der Waals surface area contributed by atoms with Gasteiger partial charge in [-0.3, -0.25) is 4.79 Å². The Labute approximate surface area is 131 Å². The van der Waals surface area contributed by atoms with Crippen LogP contribution < -0.4 is 10.1 Å². The van der Waals surface area contributed by atoms with Crippen molar-refractivity contribution in [1.29, 1.82) is 0 Å². The summed E-state index contributed by atoms with van der Waals surface area (Å²) < 4.78 is 18.4. The third-order valence-electron chi connectivity index (χ3n) is 2.94. The Hall–Kier alpha value is -3.28. The predicted molar refractivity (Wildman–Crippen MR) is 82.9 cm³/mol. The first-order valence-electron chi connectivity index (χ1n) is 6.82. The average Bonchev–Trinajstić information content (AvgIpc) is 2.58. The maximum Gasteiger partial charge on any atom is 0.274 e. The van der Waals surface area contributed by atoms with Crippen LogP contribution >= 0.6 is 0 Å². The van der Waals surface area contributed by atoms with Gasteiger partial charge < -0.3 is 10.1 Å². The number of rotatable bonds is 4. The molecule has 5 nitrogen and oxygen atoms in total. The standard InChI is InChI=1S/C17H12FN3O2/c18-12-6-8-13(9-7-12)21-17(22)15-10-16(20-11-19-15)23-14-4-2-1-3-5-14/h1-11H,(H,21,22). The van der Waals surface area contributed by atoms with Gasteiger partial charge in [0, 0.05) is 11.8 Å². The smallest absolute Gasteiger partial charge is 0.274 e. The van der Waals surface area contributed by atoms with Crippen LogP contribution in [0.25, 0.3) is 0 Å². The van der Waals surface area contributed by atoms with Crippen molar-refractivity contribution in [2.45, 2.75) is 0 Å². The molecule has 1 amide bonds. The molecule has 1 N–H and O–H groups in total. The van der Waals surface area contributed by atoms with Crippen molar-refractivity contribution in [1.82, 2.24) is 9.97 Å². The van der Waals surface area contributed by atoms with E-state index in [1.807, 2.05) is 18.2 Å². The first-order valence-corrected chi connectivity index (χ1v) is 6.82. The van der Waals surface area contributed by atoms with Gasteiger partial charge in [0.25, 0.3) is 5.91 Å². The average molecular weight is 309 g/mol. The fourth-order valence-electron chi connectivity index (χ4n) is 1.86. The number of anilines is 1. The molecular weight excluding hydrogens is 297 g/mol. The molecule has 3 aromatic rings. The van der Waals surface area contributed by atoms with Gasteiger partial charge in [0.1, 0.15) is 23.6 Å². The molecule has 1 aromatic heterocycles. The Balaban J connectivity index is 1.73. The van der Waals surface area contributed by atoms with Crippen LogP contribution in [0.5, 0.6) is 11.6 Å². The normalized spacial score (nSPS) is 10.1. The number of para-hydroxylation sites is 1. The van der Waals surface area contributed by atoms with Gasteiger partial charge in [-0.15, -0.1) is 0 Å². The molecule has 0 aliphatic carbocycles. The molecule has 0 saturated heterocycles. The summed E-state index contributed by atoms with van der Waals surface area (Å²) in [5.74, 6) is 0.0621. The fraction of sp³-hybridized carbons (Fsp3) is 0. The first-order chi connectivity index (χ1) is 11.2. The van der Waals surface area contributed by atoms with Crippen LogP contribution in [0.1, 0.15) is 10.5 Å². The molecule has 0 radical (unpaired) electrons. The molecule has 3 rings (SSSR count). The number of nitrogens with one attached hydrogen (secondary N) is 1. The SMILES string of the molecule is O=C(Nc1ccc(F)cc1)c1cc(Oc2ccccc2)ncn1. The molecule has 6 heteroatoms. The van der Waals surface area contributed by atoms with Crippen LogP contribution in [0.3, 0.4) is 0 Å². The highest BCUT2D eigenvalue weighted by Gasteiger charge is 2.10. The van der Waals surface area contributed by atoms with Crippen LogP contribution in [0.15, 0.2) is 67.0 Å². The van der Waals surface area contributed by atoms with Crippen molar-refractivity contribution < 1.29 is 13.9 Å². The topological polar surface area (TPSA) is 64.1 Å². The Bertz CT molecular complexity index is 808. The summed E-state index contributed by atoms with van der Waals surface area (Å²) >= 11 is 0. The highest BCUT2D eigenvalue weighted by atomic mass is 19.1. The lowest BCUT2D eigenvalue weighted by molar-refractivity contribution is 0.102.